The monoisotopic (exact) mass is 371 g/mol. The summed E-state index contributed by atoms with van der Waals surface area (Å²) >= 11 is 0. The van der Waals surface area contributed by atoms with Crippen LogP contribution in [-0.4, -0.2) is 5.91 Å². The lowest BCUT2D eigenvalue weighted by Crippen LogP contribution is -2.14. The second-order valence-corrected chi connectivity index (χ2v) is 6.68. The van der Waals surface area contributed by atoms with Crippen LogP contribution in [0.25, 0.3) is 11.3 Å². The summed E-state index contributed by atoms with van der Waals surface area (Å²) in [5.74, 6) is 0.420. The molecule has 0 saturated heterocycles. The van der Waals surface area contributed by atoms with Gasteiger partial charge in [0.25, 0.3) is 0 Å². The van der Waals surface area contributed by atoms with E-state index in [0.29, 0.717) is 23.5 Å². The molecule has 0 bridgehead atoms. The highest BCUT2D eigenvalue weighted by molar-refractivity contribution is 6.03. The summed E-state index contributed by atoms with van der Waals surface area (Å²) in [7, 11) is 0. The molecule has 4 rings (SSSR count). The third kappa shape index (κ3) is 3.35. The van der Waals surface area contributed by atoms with Gasteiger partial charge in [0.15, 0.2) is 0 Å². The number of alkyl halides is 3. The number of carbonyl (C=O) groups excluding carboxylic acids is 1. The van der Waals surface area contributed by atoms with Gasteiger partial charge < -0.3 is 9.73 Å². The molecule has 0 fully saturated rings. The molecule has 138 valence electrons. The number of fused-ring (bicyclic) bond motifs is 1. The van der Waals surface area contributed by atoms with Crippen LogP contribution in [0.15, 0.2) is 59.0 Å². The zero-order valence-corrected chi connectivity index (χ0v) is 14.4. The van der Waals surface area contributed by atoms with Crippen LogP contribution in [0.3, 0.4) is 0 Å². The van der Waals surface area contributed by atoms with E-state index in [2.05, 4.69) is 5.32 Å². The molecule has 1 aliphatic rings. The van der Waals surface area contributed by atoms with E-state index in [1.165, 1.54) is 6.07 Å². The molecule has 1 aromatic heterocycles. The molecule has 6 heteroatoms. The molecule has 1 N–H and O–H groups in total. The van der Waals surface area contributed by atoms with E-state index >= 15 is 0 Å². The molecule has 1 amide bonds. The van der Waals surface area contributed by atoms with E-state index in [1.807, 2.05) is 25.1 Å². The Labute approximate surface area is 153 Å². The first-order valence-corrected chi connectivity index (χ1v) is 8.49. The molecule has 0 spiro atoms. The van der Waals surface area contributed by atoms with Gasteiger partial charge in [-0.3, -0.25) is 4.79 Å². The zero-order valence-electron chi connectivity index (χ0n) is 14.4. The molecule has 3 nitrogen and oxygen atoms in total. The first-order chi connectivity index (χ1) is 12.8. The lowest BCUT2D eigenvalue weighted by atomic mass is 9.95. The highest BCUT2D eigenvalue weighted by atomic mass is 19.4. The van der Waals surface area contributed by atoms with Crippen molar-refractivity contribution >= 4 is 11.6 Å². The van der Waals surface area contributed by atoms with Crippen LogP contribution >= 0.6 is 0 Å². The number of anilines is 1. The lowest BCUT2D eigenvalue weighted by molar-refractivity contribution is -0.137. The van der Waals surface area contributed by atoms with Gasteiger partial charge in [0, 0.05) is 17.7 Å². The Kier molecular flexibility index (Phi) is 4.06. The van der Waals surface area contributed by atoms with Crippen molar-refractivity contribution in [1.29, 1.82) is 0 Å². The zero-order chi connectivity index (χ0) is 19.2. The van der Waals surface area contributed by atoms with E-state index in [4.69, 9.17) is 4.42 Å². The summed E-state index contributed by atoms with van der Waals surface area (Å²) in [6.45, 7) is 1.96. The summed E-state index contributed by atoms with van der Waals surface area (Å²) in [5, 5.41) is 2.85. The van der Waals surface area contributed by atoms with Crippen molar-refractivity contribution in [3.05, 3.63) is 77.0 Å². The van der Waals surface area contributed by atoms with Crippen LogP contribution in [-0.2, 0) is 17.4 Å². The van der Waals surface area contributed by atoms with E-state index in [9.17, 15) is 18.0 Å². The molecule has 0 saturated carbocycles. The molecule has 27 heavy (non-hydrogen) atoms. The third-order valence-electron chi connectivity index (χ3n) is 4.70. The van der Waals surface area contributed by atoms with Gasteiger partial charge in [0.2, 0.25) is 5.91 Å². The summed E-state index contributed by atoms with van der Waals surface area (Å²) in [6, 6.07) is 14.1. The molecule has 1 aliphatic heterocycles. The fourth-order valence-corrected chi connectivity index (χ4v) is 3.34. The van der Waals surface area contributed by atoms with Gasteiger partial charge in [-0.15, -0.1) is 0 Å². The highest BCUT2D eigenvalue weighted by Crippen LogP contribution is 2.37. The maximum Gasteiger partial charge on any atom is 0.416 e. The Hall–Kier alpha value is -3.02. The number of rotatable bonds is 3. The van der Waals surface area contributed by atoms with Gasteiger partial charge in [-0.1, -0.05) is 29.8 Å². The summed E-state index contributed by atoms with van der Waals surface area (Å²) < 4.78 is 44.4. The third-order valence-corrected chi connectivity index (χ3v) is 4.70. The van der Waals surface area contributed by atoms with Crippen LogP contribution in [0.4, 0.5) is 18.9 Å². The van der Waals surface area contributed by atoms with Crippen molar-refractivity contribution in [2.75, 3.05) is 5.32 Å². The van der Waals surface area contributed by atoms with Crippen LogP contribution in [0.1, 0.15) is 28.4 Å². The van der Waals surface area contributed by atoms with Gasteiger partial charge in [0.1, 0.15) is 11.5 Å². The fourth-order valence-electron chi connectivity index (χ4n) is 3.34. The maximum atomic E-state index is 12.9. The van der Waals surface area contributed by atoms with E-state index in [-0.39, 0.29) is 11.8 Å². The average Bonchev–Trinajstić information content (AvgIpc) is 3.20. The van der Waals surface area contributed by atoms with Crippen molar-refractivity contribution < 1.29 is 22.4 Å². The minimum Gasteiger partial charge on any atom is -0.461 e. The Bertz CT molecular complexity index is 1020. The van der Waals surface area contributed by atoms with E-state index in [0.717, 1.165) is 28.9 Å². The smallest absolute Gasteiger partial charge is 0.416 e. The minimum absolute atomic E-state index is 0.104. The second-order valence-electron chi connectivity index (χ2n) is 6.68. The van der Waals surface area contributed by atoms with Crippen LogP contribution in [0.2, 0.25) is 0 Å². The topological polar surface area (TPSA) is 42.2 Å². The average molecular weight is 371 g/mol. The molecule has 0 radical (unpaired) electrons. The standard InChI is InChI=1S/C21H16F3NO2/c1-12-5-7-18-16(9-12)17(20(26)25-18)11-15-6-8-19(27-15)13-3-2-4-14(10-13)21(22,23)24/h2-10,17H,11H2,1H3,(H,25,26)/t17-/m0/s1. The van der Waals surface area contributed by atoms with Crippen molar-refractivity contribution in [2.24, 2.45) is 0 Å². The number of carbonyl (C=O) groups is 1. The predicted molar refractivity (Wildman–Crippen MR) is 95.4 cm³/mol. The van der Waals surface area contributed by atoms with E-state index < -0.39 is 11.7 Å². The minimum atomic E-state index is -4.41. The van der Waals surface area contributed by atoms with Crippen LogP contribution in [0, 0.1) is 6.92 Å². The van der Waals surface area contributed by atoms with Gasteiger partial charge in [-0.2, -0.15) is 13.2 Å². The normalized spacial score (nSPS) is 16.3. The first-order valence-electron chi connectivity index (χ1n) is 8.49. The van der Waals surface area contributed by atoms with Crippen molar-refractivity contribution in [3.8, 4) is 11.3 Å². The SMILES string of the molecule is Cc1ccc2c(c1)[C@H](Cc1ccc(-c3cccc(C(F)(F)F)c3)o1)C(=O)N2. The Morgan fingerprint density at radius 1 is 1.07 bits per heavy atom. The molecule has 3 aromatic rings. The summed E-state index contributed by atoms with van der Waals surface area (Å²) in [4.78, 5) is 12.3. The number of nitrogens with one attached hydrogen (secondary N) is 1. The number of aryl methyl sites for hydroxylation is 1. The second kappa shape index (κ2) is 6.30. The molecule has 1 atom stereocenters. The van der Waals surface area contributed by atoms with Crippen LogP contribution < -0.4 is 5.32 Å². The highest BCUT2D eigenvalue weighted by Gasteiger charge is 2.32. The number of furan rings is 1. The number of benzene rings is 2. The van der Waals surface area contributed by atoms with Crippen molar-refractivity contribution in [2.45, 2.75) is 25.4 Å². The Morgan fingerprint density at radius 2 is 1.89 bits per heavy atom. The number of hydrogen-bond acceptors (Lipinski definition) is 2. The number of hydrogen-bond donors (Lipinski definition) is 1. The van der Waals surface area contributed by atoms with Crippen molar-refractivity contribution in [3.63, 3.8) is 0 Å². The molecule has 2 aromatic carbocycles. The maximum absolute atomic E-state index is 12.9. The molecule has 0 unspecified atom stereocenters. The van der Waals surface area contributed by atoms with Gasteiger partial charge in [-0.05, 0) is 42.8 Å². The summed E-state index contributed by atoms with van der Waals surface area (Å²) in [5.41, 5.74) is 2.39. The van der Waals surface area contributed by atoms with Crippen LogP contribution in [0.5, 0.6) is 0 Å². The predicted octanol–water partition coefficient (Wildman–Crippen LogP) is 5.55. The number of halogens is 3. The largest absolute Gasteiger partial charge is 0.461 e. The first kappa shape index (κ1) is 17.4. The van der Waals surface area contributed by atoms with Gasteiger partial charge in [0.05, 0.1) is 11.5 Å². The van der Waals surface area contributed by atoms with E-state index in [1.54, 1.807) is 18.2 Å². The summed E-state index contributed by atoms with van der Waals surface area (Å²) in [6.07, 6.45) is -4.06. The molecular formula is C21H16F3NO2. The van der Waals surface area contributed by atoms with Crippen molar-refractivity contribution in [1.82, 2.24) is 0 Å². The van der Waals surface area contributed by atoms with Gasteiger partial charge >= 0.3 is 6.18 Å². The molecule has 2 heterocycles. The molecule has 0 aliphatic carbocycles. The fraction of sp³-hybridized carbons (Fsp3) is 0.190. The quantitative estimate of drug-likeness (QED) is 0.656. The number of amides is 1. The lowest BCUT2D eigenvalue weighted by Gasteiger charge is -2.08. The van der Waals surface area contributed by atoms with Gasteiger partial charge in [-0.25, -0.2) is 0 Å². The Morgan fingerprint density at radius 3 is 2.67 bits per heavy atom. The molecular weight excluding hydrogens is 355 g/mol. The Balaban J connectivity index is 1.60.